The second-order valence-corrected chi connectivity index (χ2v) is 4.16. The molecule has 0 aliphatic heterocycles. The molecule has 2 rings (SSSR count). The summed E-state index contributed by atoms with van der Waals surface area (Å²) in [5, 5.41) is 9.08. The maximum Gasteiger partial charge on any atom is 0.335 e. The lowest BCUT2D eigenvalue weighted by Crippen LogP contribution is -2.02. The Morgan fingerprint density at radius 3 is 2.63 bits per heavy atom. The lowest BCUT2D eigenvalue weighted by Gasteiger charge is -2.08. The highest BCUT2D eigenvalue weighted by Crippen LogP contribution is 2.21. The average molecular weight is 257 g/mol. The van der Waals surface area contributed by atoms with Crippen molar-refractivity contribution in [1.29, 1.82) is 0 Å². The third-order valence-electron chi connectivity index (χ3n) is 2.57. The summed E-state index contributed by atoms with van der Waals surface area (Å²) in [4.78, 5) is 15.4. The van der Waals surface area contributed by atoms with Crippen molar-refractivity contribution < 1.29 is 14.6 Å². The Balaban J connectivity index is 2.31. The minimum absolute atomic E-state index is 0.199. The quantitative estimate of drug-likeness (QED) is 0.890. The van der Waals surface area contributed by atoms with Crippen molar-refractivity contribution in [3.8, 4) is 11.6 Å². The van der Waals surface area contributed by atoms with Crippen molar-refractivity contribution in [3.05, 3.63) is 53.7 Å². The van der Waals surface area contributed by atoms with Gasteiger partial charge in [0.15, 0.2) is 0 Å². The second-order valence-electron chi connectivity index (χ2n) is 4.16. The van der Waals surface area contributed by atoms with Crippen LogP contribution in [0, 0.1) is 0 Å². The molecule has 1 N–H and O–H groups in total. The molecule has 1 heterocycles. The van der Waals surface area contributed by atoms with E-state index in [2.05, 4.69) is 4.98 Å². The smallest absolute Gasteiger partial charge is 0.335 e. The van der Waals surface area contributed by atoms with Gasteiger partial charge in [-0.15, -0.1) is 0 Å². The first-order valence-corrected chi connectivity index (χ1v) is 6.16. The molecule has 0 atom stereocenters. The van der Waals surface area contributed by atoms with Crippen molar-refractivity contribution in [2.45, 2.75) is 19.8 Å². The van der Waals surface area contributed by atoms with E-state index in [1.807, 2.05) is 25.1 Å². The summed E-state index contributed by atoms with van der Waals surface area (Å²) >= 11 is 0. The van der Waals surface area contributed by atoms with Gasteiger partial charge in [0, 0.05) is 11.8 Å². The topological polar surface area (TPSA) is 59.4 Å². The number of nitrogens with zero attached hydrogens (tertiary/aromatic N) is 1. The molecule has 1 aromatic heterocycles. The Bertz CT molecular complexity index is 567. The van der Waals surface area contributed by atoms with Crippen LogP contribution >= 0.6 is 0 Å². The Morgan fingerprint density at radius 1 is 1.26 bits per heavy atom. The molecule has 0 bridgehead atoms. The molecule has 0 unspecified atom stereocenters. The van der Waals surface area contributed by atoms with Gasteiger partial charge in [-0.2, -0.15) is 0 Å². The number of rotatable bonds is 5. The summed E-state index contributed by atoms with van der Waals surface area (Å²) in [6.07, 6.45) is 1.63. The van der Waals surface area contributed by atoms with Gasteiger partial charge >= 0.3 is 5.97 Å². The van der Waals surface area contributed by atoms with Crippen LogP contribution in [-0.2, 0) is 6.42 Å². The van der Waals surface area contributed by atoms with Gasteiger partial charge in [0.2, 0.25) is 5.88 Å². The number of hydrogen-bond acceptors (Lipinski definition) is 3. The fourth-order valence-corrected chi connectivity index (χ4v) is 1.73. The maximum atomic E-state index is 11.1. The minimum atomic E-state index is -0.974. The van der Waals surface area contributed by atoms with E-state index in [0.717, 1.165) is 18.5 Å². The number of para-hydroxylation sites is 1. The van der Waals surface area contributed by atoms with Gasteiger partial charge in [-0.25, -0.2) is 9.78 Å². The molecule has 0 fully saturated rings. The van der Waals surface area contributed by atoms with Gasteiger partial charge in [-0.1, -0.05) is 31.5 Å². The minimum Gasteiger partial charge on any atom is -0.478 e. The number of benzene rings is 1. The summed E-state index contributed by atoms with van der Waals surface area (Å²) in [5.74, 6) is -0.0211. The fraction of sp³-hybridized carbons (Fsp3) is 0.200. The van der Waals surface area contributed by atoms with Crippen molar-refractivity contribution in [3.63, 3.8) is 0 Å². The molecule has 0 spiro atoms. The van der Waals surface area contributed by atoms with Gasteiger partial charge in [-0.05, 0) is 24.6 Å². The Kier molecular flexibility index (Phi) is 4.13. The predicted octanol–water partition coefficient (Wildman–Crippen LogP) is 3.52. The molecule has 2 aromatic rings. The zero-order chi connectivity index (χ0) is 13.7. The first kappa shape index (κ1) is 13.1. The Labute approximate surface area is 111 Å². The number of aryl methyl sites for hydroxylation is 1. The van der Waals surface area contributed by atoms with Crippen LogP contribution in [-0.4, -0.2) is 16.1 Å². The largest absolute Gasteiger partial charge is 0.478 e. The first-order chi connectivity index (χ1) is 9.19. The number of carbonyl (C=O) groups is 1. The van der Waals surface area contributed by atoms with E-state index in [0.29, 0.717) is 11.6 Å². The lowest BCUT2D eigenvalue weighted by molar-refractivity contribution is 0.0696. The van der Waals surface area contributed by atoms with E-state index in [4.69, 9.17) is 9.84 Å². The summed E-state index contributed by atoms with van der Waals surface area (Å²) < 4.78 is 5.58. The standard InChI is InChI=1S/C15H15NO3/c1-2-6-12-9-11(15(17)18)10-14(16-12)19-13-7-4-3-5-8-13/h3-5,7-10H,2,6H2,1H3,(H,17,18). The summed E-state index contributed by atoms with van der Waals surface area (Å²) in [6, 6.07) is 12.2. The van der Waals surface area contributed by atoms with E-state index < -0.39 is 5.97 Å². The number of ether oxygens (including phenoxy) is 1. The van der Waals surface area contributed by atoms with Crippen LogP contribution in [0.5, 0.6) is 11.6 Å². The third-order valence-corrected chi connectivity index (χ3v) is 2.57. The molecule has 0 amide bonds. The molecule has 98 valence electrons. The van der Waals surface area contributed by atoms with Gasteiger partial charge in [0.05, 0.1) is 5.56 Å². The van der Waals surface area contributed by atoms with E-state index in [9.17, 15) is 4.79 Å². The monoisotopic (exact) mass is 257 g/mol. The van der Waals surface area contributed by atoms with Crippen LogP contribution in [0.4, 0.5) is 0 Å². The highest BCUT2D eigenvalue weighted by molar-refractivity contribution is 5.88. The number of carboxylic acid groups (broad SMARTS) is 1. The van der Waals surface area contributed by atoms with Crippen molar-refractivity contribution in [1.82, 2.24) is 4.98 Å². The lowest BCUT2D eigenvalue weighted by atomic mass is 10.1. The normalized spacial score (nSPS) is 10.2. The molecule has 0 saturated heterocycles. The highest BCUT2D eigenvalue weighted by Gasteiger charge is 2.09. The summed E-state index contributed by atoms with van der Waals surface area (Å²) in [5.41, 5.74) is 0.928. The number of carboxylic acids is 1. The van der Waals surface area contributed by atoms with Gasteiger partial charge < -0.3 is 9.84 Å². The summed E-state index contributed by atoms with van der Waals surface area (Å²) in [6.45, 7) is 2.02. The number of pyridine rings is 1. The molecule has 19 heavy (non-hydrogen) atoms. The van der Waals surface area contributed by atoms with Crippen LogP contribution in [0.2, 0.25) is 0 Å². The van der Waals surface area contributed by atoms with E-state index >= 15 is 0 Å². The first-order valence-electron chi connectivity index (χ1n) is 6.16. The molecule has 0 aliphatic carbocycles. The van der Waals surface area contributed by atoms with Crippen LogP contribution in [0.1, 0.15) is 29.4 Å². The van der Waals surface area contributed by atoms with Crippen LogP contribution in [0.3, 0.4) is 0 Å². The summed E-state index contributed by atoms with van der Waals surface area (Å²) in [7, 11) is 0. The predicted molar refractivity (Wildman–Crippen MR) is 71.7 cm³/mol. The highest BCUT2D eigenvalue weighted by atomic mass is 16.5. The van der Waals surface area contributed by atoms with Gasteiger partial charge in [-0.3, -0.25) is 0 Å². The third kappa shape index (κ3) is 3.55. The van der Waals surface area contributed by atoms with Gasteiger partial charge in [0.1, 0.15) is 5.75 Å². The van der Waals surface area contributed by atoms with Crippen LogP contribution in [0.15, 0.2) is 42.5 Å². The SMILES string of the molecule is CCCc1cc(C(=O)O)cc(Oc2ccccc2)n1. The fourth-order valence-electron chi connectivity index (χ4n) is 1.73. The van der Waals surface area contributed by atoms with Crippen LogP contribution in [0.25, 0.3) is 0 Å². The molecule has 0 saturated carbocycles. The Morgan fingerprint density at radius 2 is 2.00 bits per heavy atom. The maximum absolute atomic E-state index is 11.1. The van der Waals surface area contributed by atoms with E-state index in [1.165, 1.54) is 6.07 Å². The average Bonchev–Trinajstić information content (AvgIpc) is 2.40. The second kappa shape index (κ2) is 6.00. The number of aromatic carboxylic acids is 1. The van der Waals surface area contributed by atoms with Crippen molar-refractivity contribution >= 4 is 5.97 Å². The molecule has 4 heteroatoms. The van der Waals surface area contributed by atoms with Crippen molar-refractivity contribution in [2.75, 3.05) is 0 Å². The molecule has 0 radical (unpaired) electrons. The molecular weight excluding hydrogens is 242 g/mol. The number of hydrogen-bond donors (Lipinski definition) is 1. The molecular formula is C15H15NO3. The number of aromatic nitrogens is 1. The molecule has 4 nitrogen and oxygen atoms in total. The van der Waals surface area contributed by atoms with E-state index in [1.54, 1.807) is 18.2 Å². The van der Waals surface area contributed by atoms with Crippen LogP contribution < -0.4 is 4.74 Å². The van der Waals surface area contributed by atoms with Gasteiger partial charge in [0.25, 0.3) is 0 Å². The van der Waals surface area contributed by atoms with Crippen molar-refractivity contribution in [2.24, 2.45) is 0 Å². The molecule has 0 aliphatic rings. The molecule has 1 aromatic carbocycles. The Hall–Kier alpha value is -2.36. The zero-order valence-corrected chi connectivity index (χ0v) is 10.7. The van der Waals surface area contributed by atoms with E-state index in [-0.39, 0.29) is 5.56 Å². The zero-order valence-electron chi connectivity index (χ0n) is 10.7.